The summed E-state index contributed by atoms with van der Waals surface area (Å²) < 4.78 is 34.6. The molecule has 4 aliphatic heterocycles. The quantitative estimate of drug-likeness (QED) is 0.0615. The first-order chi connectivity index (χ1) is 32.9. The first-order valence-electron chi connectivity index (χ1n) is 22.2. The molecule has 2 unspecified atom stereocenters. The number of aldehydes is 1. The van der Waals surface area contributed by atoms with Crippen LogP contribution in [0.15, 0.2) is 60.7 Å². The fraction of sp³-hybridized carbons (Fsp3) is 0.587. The van der Waals surface area contributed by atoms with Crippen LogP contribution < -0.4 is 45.7 Å². The number of thioether (sulfide) groups is 2. The van der Waals surface area contributed by atoms with Gasteiger partial charge in [-0.15, -0.1) is 23.5 Å². The first-order valence-corrected chi connectivity index (χ1v) is 25.3. The molecule has 3 N–H and O–H groups in total. The Labute approximate surface area is 445 Å². The molecule has 0 aromatic heterocycles. The maximum absolute atomic E-state index is 12.7. The Kier molecular flexibility index (Phi) is 37.5. The number of nitrogens with zero attached hydrogens (tertiary/aromatic N) is 1. The summed E-state index contributed by atoms with van der Waals surface area (Å²) in [5.74, 6) is 2.14. The van der Waals surface area contributed by atoms with Crippen LogP contribution in [0, 0.1) is 17.8 Å². The fourth-order valence-corrected chi connectivity index (χ4v) is 10.1. The van der Waals surface area contributed by atoms with Crippen molar-refractivity contribution >= 4 is 90.9 Å². The topological polar surface area (TPSA) is 248 Å². The van der Waals surface area contributed by atoms with Crippen molar-refractivity contribution < 1.29 is 101 Å². The van der Waals surface area contributed by atoms with Crippen molar-refractivity contribution in [2.45, 2.75) is 107 Å². The Hall–Kier alpha value is -3.09. The van der Waals surface area contributed by atoms with E-state index in [2.05, 4.69) is 27.4 Å². The van der Waals surface area contributed by atoms with E-state index >= 15 is 0 Å². The van der Waals surface area contributed by atoms with Crippen LogP contribution in [0.1, 0.15) is 75.8 Å². The maximum Gasteiger partial charge on any atom is 1.00 e. The number of halogens is 1. The second-order valence-electron chi connectivity index (χ2n) is 15.4. The minimum atomic E-state index is -1.08. The molecule has 23 heteroatoms. The molecular formula is C46H65ClN3NaO15S3. The summed E-state index contributed by atoms with van der Waals surface area (Å²) in [5.41, 5.74) is 6.16. The van der Waals surface area contributed by atoms with Gasteiger partial charge in [0.25, 0.3) is 19.4 Å². The molecule has 2 aromatic rings. The van der Waals surface area contributed by atoms with Crippen molar-refractivity contribution in [3.05, 3.63) is 71.8 Å². The van der Waals surface area contributed by atoms with Gasteiger partial charge in [0, 0.05) is 61.4 Å². The van der Waals surface area contributed by atoms with E-state index in [1.165, 1.54) is 19.3 Å². The Morgan fingerprint density at radius 1 is 0.797 bits per heavy atom. The van der Waals surface area contributed by atoms with Crippen molar-refractivity contribution in [3.63, 3.8) is 0 Å². The van der Waals surface area contributed by atoms with Crippen molar-refractivity contribution in [1.29, 1.82) is 0 Å². The van der Waals surface area contributed by atoms with Gasteiger partial charge < -0.3 is 47.9 Å². The summed E-state index contributed by atoms with van der Waals surface area (Å²) in [7, 11) is 0. The van der Waals surface area contributed by atoms with Crippen LogP contribution in [0.25, 0.3) is 0 Å². The minimum Gasteiger partial charge on any atom is -0.550 e. The number of benzene rings is 2. The molecule has 0 radical (unpaired) electrons. The van der Waals surface area contributed by atoms with E-state index in [1.807, 2.05) is 72.4 Å². The van der Waals surface area contributed by atoms with Gasteiger partial charge in [-0.1, -0.05) is 79.9 Å². The van der Waals surface area contributed by atoms with Gasteiger partial charge in [0.2, 0.25) is 0 Å². The molecule has 1 amide bonds. The maximum atomic E-state index is 12.7. The summed E-state index contributed by atoms with van der Waals surface area (Å²) in [4.78, 5) is 73.8. The van der Waals surface area contributed by atoms with E-state index in [1.54, 1.807) is 16.7 Å². The number of nitrogens with one attached hydrogen (secondary N) is 1. The largest absolute Gasteiger partial charge is 1.00 e. The number of hydrogen-bond donors (Lipinski definition) is 3. The number of amides is 1. The number of carbonyl (C=O) groups excluding carboxylic acids is 7. The van der Waals surface area contributed by atoms with Gasteiger partial charge in [0.1, 0.15) is 19.5 Å². The molecule has 5 fully saturated rings. The number of aliphatic carboxylic acids is 1. The van der Waals surface area contributed by atoms with E-state index in [4.69, 9.17) is 50.9 Å². The van der Waals surface area contributed by atoms with Crippen LogP contribution in [0.3, 0.4) is 0 Å². The van der Waals surface area contributed by atoms with Crippen LogP contribution in [0.5, 0.6) is 0 Å². The fourth-order valence-electron chi connectivity index (χ4n) is 7.06. The van der Waals surface area contributed by atoms with E-state index in [-0.39, 0.29) is 60.3 Å². The number of rotatable bonds is 14. The van der Waals surface area contributed by atoms with Gasteiger partial charge in [-0.3, -0.25) is 30.3 Å². The Bertz CT molecular complexity index is 1700. The molecule has 69 heavy (non-hydrogen) atoms. The van der Waals surface area contributed by atoms with Crippen LogP contribution in [-0.2, 0) is 70.3 Å². The average Bonchev–Trinajstić information content (AvgIpc) is 4.03. The number of nitrogens with two attached hydrogens (primary N) is 1. The third-order valence-electron chi connectivity index (χ3n) is 10.4. The van der Waals surface area contributed by atoms with Crippen LogP contribution in [-0.4, -0.2) is 121 Å². The molecule has 0 bridgehead atoms. The van der Waals surface area contributed by atoms with Gasteiger partial charge in [-0.05, 0) is 68.4 Å². The summed E-state index contributed by atoms with van der Waals surface area (Å²) in [6, 6.07) is 19.0. The molecule has 5 aliphatic rings. The molecule has 1 saturated carbocycles. The van der Waals surface area contributed by atoms with Crippen molar-refractivity contribution in [2.24, 2.45) is 23.5 Å². The Morgan fingerprint density at radius 3 is 1.80 bits per heavy atom. The van der Waals surface area contributed by atoms with Gasteiger partial charge in [0.05, 0.1) is 16.5 Å². The molecule has 7 rings (SSSR count). The zero-order chi connectivity index (χ0) is 49.8. The monoisotopic (exact) mass is 1050 g/mol. The zero-order valence-electron chi connectivity index (χ0n) is 39.2. The first kappa shape index (κ1) is 63.9. The number of carboxylic acids is 1. The third-order valence-corrected chi connectivity index (χ3v) is 13.7. The van der Waals surface area contributed by atoms with E-state index in [0.29, 0.717) is 48.1 Å². The van der Waals surface area contributed by atoms with E-state index in [0.717, 1.165) is 95.0 Å². The summed E-state index contributed by atoms with van der Waals surface area (Å²) in [6.07, 6.45) is 9.43. The Balaban J connectivity index is 0.000000453. The van der Waals surface area contributed by atoms with Gasteiger partial charge in [-0.25, -0.2) is 9.59 Å². The van der Waals surface area contributed by atoms with Crippen molar-refractivity contribution in [1.82, 2.24) is 10.2 Å². The smallest absolute Gasteiger partial charge is 0.550 e. The number of thiol groups is 1. The third kappa shape index (κ3) is 29.1. The van der Waals surface area contributed by atoms with E-state index in [9.17, 15) is 28.8 Å². The standard InChI is InChI=1S/C18H23NO4S.C9H15NO3S.C8H7ClO2.C6H10O2.C3H7NO2S.C2H4O2.Na/c20-13-23-16-12-24-17(15-9-5-2-6-10-15)19(16)18(21)22-11-14-7-3-1-4-8-14;11-6-13-8-5-14-9(10-8)7-1-3-12-4-2-7;9-8(10)11-6-7-4-2-1-3-5-7;7-5-6-1-3-8-4-2-6;4-3(1-7)6-2-5;1-2(3)4;/h1,3-4,7-8,13,15-17H,2,5-6,9-12H2;6-10H,1-5H2;1-5H,6H2;5-6H,1-4H2;2-3,7H,1,4H2;1H3,(H,3,4);/q;;;;;;+1/p-1/t16-,17?;8-,9?;;;3-;;/m11..1../s1. The predicted molar refractivity (Wildman–Crippen MR) is 258 cm³/mol. The van der Waals surface area contributed by atoms with Crippen LogP contribution in [0.4, 0.5) is 9.59 Å². The number of ether oxygens (including phenoxy) is 7. The van der Waals surface area contributed by atoms with Crippen molar-refractivity contribution in [2.75, 3.05) is 43.7 Å². The average molecular weight is 1050 g/mol. The SMILES string of the molecule is CC(=O)[O-].N[C@@H](CS)OC=O.O=C(Cl)OCc1ccccc1.O=CC1CCOCC1.O=CO[C@@H]1CSC(C2CCCCC2)N1C(=O)OCc1ccccc1.O=CO[C@@H]1CSC(C2CCOCC2)N1.[Na+]. The molecule has 5 atom stereocenters. The molecule has 380 valence electrons. The van der Waals surface area contributed by atoms with E-state index < -0.39 is 29.9 Å². The molecule has 18 nitrogen and oxygen atoms in total. The molecule has 1 aliphatic carbocycles. The molecule has 2 aromatic carbocycles. The molecule has 4 saturated heterocycles. The second kappa shape index (κ2) is 40.5. The zero-order valence-corrected chi connectivity index (χ0v) is 44.5. The molecular weight excluding hydrogens is 989 g/mol. The Morgan fingerprint density at radius 2 is 1.33 bits per heavy atom. The van der Waals surface area contributed by atoms with Crippen LogP contribution in [0.2, 0.25) is 0 Å². The van der Waals surface area contributed by atoms with Crippen molar-refractivity contribution in [3.8, 4) is 0 Å². The normalized spacial score (nSPS) is 21.3. The number of hydrogen-bond acceptors (Lipinski definition) is 20. The molecule has 4 heterocycles. The number of carboxylic acid groups (broad SMARTS) is 1. The number of carbonyl (C=O) groups is 7. The summed E-state index contributed by atoms with van der Waals surface area (Å²) in [5, 5.41) is 12.7. The molecule has 0 spiro atoms. The van der Waals surface area contributed by atoms with Gasteiger partial charge >= 0.3 is 41.1 Å². The van der Waals surface area contributed by atoms with Gasteiger partial charge in [-0.2, -0.15) is 12.6 Å². The predicted octanol–water partition coefficient (Wildman–Crippen LogP) is 2.66. The summed E-state index contributed by atoms with van der Waals surface area (Å²) in [6.45, 7) is 5.95. The van der Waals surface area contributed by atoms with Gasteiger partial charge in [0.15, 0.2) is 18.7 Å². The minimum absolute atomic E-state index is 0. The second-order valence-corrected chi connectivity index (χ2v) is 18.4. The van der Waals surface area contributed by atoms with Crippen LogP contribution >= 0.6 is 47.8 Å². The summed E-state index contributed by atoms with van der Waals surface area (Å²) >= 11 is 12.2.